The summed E-state index contributed by atoms with van der Waals surface area (Å²) in [6.07, 6.45) is 13.3. The number of rotatable bonds is 29. The number of ether oxygens (including phenoxy) is 5. The molecule has 0 rings (SSSR count). The fourth-order valence-corrected chi connectivity index (χ4v) is 4.03. The van der Waals surface area contributed by atoms with E-state index in [1.807, 2.05) is 0 Å². The summed E-state index contributed by atoms with van der Waals surface area (Å²) >= 11 is 0. The number of methoxy groups -OCH3 is 1. The molecule has 0 bridgehead atoms. The zero-order valence-corrected chi connectivity index (χ0v) is 30.0. The van der Waals surface area contributed by atoms with E-state index >= 15 is 0 Å². The average Bonchev–Trinajstić information content (AvgIpc) is 2.84. The van der Waals surface area contributed by atoms with Crippen LogP contribution in [0.5, 0.6) is 0 Å². The summed E-state index contributed by atoms with van der Waals surface area (Å²) in [5, 5.41) is 0. The van der Waals surface area contributed by atoms with Gasteiger partial charge in [-0.05, 0) is 25.7 Å². The Morgan fingerprint density at radius 3 is 1.63 bits per heavy atom. The van der Waals surface area contributed by atoms with Gasteiger partial charge in [0.25, 0.3) is 0 Å². The predicted octanol–water partition coefficient (Wildman–Crippen LogP) is -1.11. The summed E-state index contributed by atoms with van der Waals surface area (Å²) in [6, 6.07) is 0. The van der Waals surface area contributed by atoms with Crippen LogP contribution in [0, 0.1) is 5.41 Å². The van der Waals surface area contributed by atoms with E-state index in [2.05, 4.69) is 18.0 Å². The second-order valence-electron chi connectivity index (χ2n) is 9.43. The summed E-state index contributed by atoms with van der Waals surface area (Å²) in [7, 11) is -3.09. The van der Waals surface area contributed by atoms with Crippen LogP contribution in [0.3, 0.4) is 0 Å². The van der Waals surface area contributed by atoms with Crippen LogP contribution in [-0.4, -0.2) is 86.1 Å². The molecule has 0 spiro atoms. The van der Waals surface area contributed by atoms with Gasteiger partial charge in [-0.2, -0.15) is 0 Å². The van der Waals surface area contributed by atoms with Crippen LogP contribution in [0.1, 0.15) is 90.9 Å². The van der Waals surface area contributed by atoms with Gasteiger partial charge in [-0.15, -0.1) is 0 Å². The fourth-order valence-electron chi connectivity index (χ4n) is 3.76. The molecule has 1 atom stereocenters. The fraction of sp³-hybridized carbons (Fsp3) is 1.00. The molecule has 0 N–H and O–H groups in total. The molecule has 0 saturated heterocycles. The maximum atomic E-state index is 10.7. The Morgan fingerprint density at radius 1 is 0.579 bits per heavy atom. The van der Waals surface area contributed by atoms with Crippen molar-refractivity contribution in [1.82, 2.24) is 0 Å². The molecule has 0 amide bonds. The predicted molar refractivity (Wildman–Crippen MR) is 140 cm³/mol. The molecule has 0 aliphatic rings. The Morgan fingerprint density at radius 2 is 1.05 bits per heavy atom. The van der Waals surface area contributed by atoms with Gasteiger partial charge < -0.3 is 28.2 Å². The van der Waals surface area contributed by atoms with Crippen LogP contribution in [0.4, 0.5) is 0 Å². The molecular weight excluding hydrogens is 534 g/mol. The molecule has 12 heteroatoms. The van der Waals surface area contributed by atoms with E-state index in [9.17, 15) is 13.0 Å². The normalized spacial score (nSPS) is 13.1. The van der Waals surface area contributed by atoms with Crippen LogP contribution in [0.2, 0.25) is 0 Å². The van der Waals surface area contributed by atoms with Crippen molar-refractivity contribution in [3.05, 3.63) is 0 Å². The van der Waals surface area contributed by atoms with E-state index in [-0.39, 0.29) is 77.7 Å². The van der Waals surface area contributed by atoms with Crippen LogP contribution >= 0.6 is 0 Å². The van der Waals surface area contributed by atoms with Crippen molar-refractivity contribution >= 4 is 10.4 Å². The van der Waals surface area contributed by atoms with E-state index in [0.29, 0.717) is 39.6 Å². The minimum Gasteiger partial charge on any atom is -0.726 e. The minimum absolute atomic E-state index is 0. The molecule has 0 aliphatic heterocycles. The average molecular weight is 588 g/mol. The first-order valence-corrected chi connectivity index (χ1v) is 15.1. The number of unbranched alkanes of at least 4 members (excludes halogenated alkanes) is 8. The molecule has 0 aliphatic carbocycles. The molecule has 0 unspecified atom stereocenters. The molecule has 0 aromatic rings. The first kappa shape index (κ1) is 44.1. The van der Waals surface area contributed by atoms with Gasteiger partial charge >= 0.3 is 59.1 Å². The van der Waals surface area contributed by atoms with Gasteiger partial charge in [0.15, 0.2) is 0 Å². The summed E-state index contributed by atoms with van der Waals surface area (Å²) in [6.45, 7) is 8.56. The van der Waals surface area contributed by atoms with Crippen LogP contribution < -0.4 is 59.1 Å². The molecule has 0 heterocycles. The molecule has 0 fully saturated rings. The Balaban J connectivity index is -0.00000612. The van der Waals surface area contributed by atoms with Crippen LogP contribution in [-0.2, 0) is 38.3 Å². The van der Waals surface area contributed by atoms with Crippen molar-refractivity contribution in [1.29, 1.82) is 0 Å². The van der Waals surface area contributed by atoms with Crippen molar-refractivity contribution in [2.24, 2.45) is 5.41 Å². The summed E-state index contributed by atoms with van der Waals surface area (Å²) in [4.78, 5) is 0. The van der Waals surface area contributed by atoms with Gasteiger partial charge in [0.2, 0.25) is 10.4 Å². The number of hydrogen-bond donors (Lipinski definition) is 0. The second kappa shape index (κ2) is 31.6. The Hall–Kier alpha value is 1.67. The van der Waals surface area contributed by atoms with Crippen molar-refractivity contribution < 1.29 is 100.0 Å². The third-order valence-electron chi connectivity index (χ3n) is 5.89. The third kappa shape index (κ3) is 30.6. The molecular formula is C26H53Na2O9S+. The Kier molecular flexibility index (Phi) is 36.7. The van der Waals surface area contributed by atoms with Gasteiger partial charge in [0.05, 0.1) is 46.2 Å². The molecule has 0 aromatic heterocycles. The van der Waals surface area contributed by atoms with Gasteiger partial charge in [-0.25, -0.2) is 8.42 Å². The standard InChI is InChI=1S/C26H54O9S.2Na/c1-4-6-8-9-10-13-18-32-23-26(24-33-20-19-30-3,25-34-21-22-35-36(27,28)29)15-12-11-14-17-31-16-7-5-2;;/h4-25H2,1-3H3,(H,27,28,29);;/q;2*+1/p-1/t26-;;/m1../s1. The van der Waals surface area contributed by atoms with Crippen molar-refractivity contribution in [3.8, 4) is 0 Å². The third-order valence-corrected chi connectivity index (χ3v) is 6.35. The summed E-state index contributed by atoms with van der Waals surface area (Å²) < 4.78 is 64.8. The molecule has 0 saturated carbocycles. The van der Waals surface area contributed by atoms with E-state index in [0.717, 1.165) is 64.6 Å². The first-order chi connectivity index (χ1) is 17.4. The number of hydrogen-bond acceptors (Lipinski definition) is 9. The van der Waals surface area contributed by atoms with E-state index in [1.165, 1.54) is 25.7 Å². The summed E-state index contributed by atoms with van der Waals surface area (Å²) in [5.74, 6) is 0. The second-order valence-corrected chi connectivity index (χ2v) is 10.5. The van der Waals surface area contributed by atoms with Gasteiger partial charge in [0, 0.05) is 32.3 Å². The SMILES string of the molecule is CCCCCCCCOC[C@](CCCCCOCCCC)(COCCOC)COCCOS(=O)(=O)[O-].[Na+].[Na+]. The monoisotopic (exact) mass is 587 g/mol. The molecule has 0 aromatic carbocycles. The Labute approximate surface area is 277 Å². The zero-order valence-electron chi connectivity index (χ0n) is 25.1. The minimum atomic E-state index is -4.72. The quantitative estimate of drug-likeness (QED) is 0.0466. The molecule has 9 nitrogen and oxygen atoms in total. The van der Waals surface area contributed by atoms with Gasteiger partial charge in [0.1, 0.15) is 0 Å². The van der Waals surface area contributed by atoms with Crippen molar-refractivity contribution in [2.75, 3.05) is 73.2 Å². The molecule has 38 heavy (non-hydrogen) atoms. The van der Waals surface area contributed by atoms with E-state index in [4.69, 9.17) is 23.7 Å². The first-order valence-electron chi connectivity index (χ1n) is 13.8. The van der Waals surface area contributed by atoms with Gasteiger partial charge in [-0.1, -0.05) is 65.2 Å². The zero-order chi connectivity index (χ0) is 26.8. The largest absolute Gasteiger partial charge is 1.00 e. The summed E-state index contributed by atoms with van der Waals surface area (Å²) in [5.41, 5.74) is -0.380. The molecule has 0 radical (unpaired) electrons. The maximum absolute atomic E-state index is 10.7. The maximum Gasteiger partial charge on any atom is 1.00 e. The van der Waals surface area contributed by atoms with E-state index < -0.39 is 10.4 Å². The molecule has 218 valence electrons. The van der Waals surface area contributed by atoms with E-state index in [1.54, 1.807) is 7.11 Å². The van der Waals surface area contributed by atoms with Crippen LogP contribution in [0.15, 0.2) is 0 Å². The van der Waals surface area contributed by atoms with Crippen LogP contribution in [0.25, 0.3) is 0 Å². The van der Waals surface area contributed by atoms with Crippen molar-refractivity contribution in [2.45, 2.75) is 90.9 Å². The van der Waals surface area contributed by atoms with Gasteiger partial charge in [-0.3, -0.25) is 4.18 Å². The van der Waals surface area contributed by atoms with Crippen molar-refractivity contribution in [3.63, 3.8) is 0 Å². The topological polar surface area (TPSA) is 113 Å². The Bertz CT molecular complexity index is 549. The smallest absolute Gasteiger partial charge is 0.726 e.